The van der Waals surface area contributed by atoms with Gasteiger partial charge in [0, 0.05) is 42.6 Å². The maximum absolute atomic E-state index is 14.1. The van der Waals surface area contributed by atoms with Gasteiger partial charge in [0.15, 0.2) is 0 Å². The number of nitrogens with one attached hydrogen (secondary N) is 1. The summed E-state index contributed by atoms with van der Waals surface area (Å²) >= 11 is 0. The Kier molecular flexibility index (Phi) is 4.83. The molecule has 3 unspecified atom stereocenters. The van der Waals surface area contributed by atoms with Crippen molar-refractivity contribution in [1.82, 2.24) is 10.2 Å². The van der Waals surface area contributed by atoms with Crippen LogP contribution in [0.3, 0.4) is 0 Å². The second kappa shape index (κ2) is 7.27. The molecule has 1 saturated carbocycles. The van der Waals surface area contributed by atoms with Crippen molar-refractivity contribution in [2.45, 2.75) is 18.4 Å². The van der Waals surface area contributed by atoms with Gasteiger partial charge in [0.05, 0.1) is 13.2 Å². The Morgan fingerprint density at radius 1 is 1.15 bits per heavy atom. The van der Waals surface area contributed by atoms with Gasteiger partial charge in [-0.3, -0.25) is 4.79 Å². The zero-order chi connectivity index (χ0) is 19.0. The van der Waals surface area contributed by atoms with Crippen LogP contribution in [0.4, 0.5) is 8.78 Å². The Morgan fingerprint density at radius 2 is 1.89 bits per heavy atom. The summed E-state index contributed by atoms with van der Waals surface area (Å²) in [5.41, 5.74) is 0.981. The van der Waals surface area contributed by atoms with Crippen molar-refractivity contribution in [3.05, 3.63) is 65.2 Å². The molecule has 27 heavy (non-hydrogen) atoms. The lowest BCUT2D eigenvalue weighted by molar-refractivity contribution is -0.136. The van der Waals surface area contributed by atoms with E-state index in [0.29, 0.717) is 26.1 Å². The number of amides is 1. The fraction of sp³-hybridized carbons (Fsp3) is 0.381. The number of ether oxygens (including phenoxy) is 1. The van der Waals surface area contributed by atoms with Crippen LogP contribution in [-0.4, -0.2) is 37.6 Å². The summed E-state index contributed by atoms with van der Waals surface area (Å²) in [4.78, 5) is 15.0. The summed E-state index contributed by atoms with van der Waals surface area (Å²) in [5.74, 6) is -1.20. The number of halogens is 2. The van der Waals surface area contributed by atoms with Crippen molar-refractivity contribution in [1.29, 1.82) is 0 Å². The summed E-state index contributed by atoms with van der Waals surface area (Å²) < 4.78 is 33.6. The second-order valence-electron chi connectivity index (χ2n) is 7.08. The number of piperazine rings is 1. The summed E-state index contributed by atoms with van der Waals surface area (Å²) in [7, 11) is 1.61. The summed E-state index contributed by atoms with van der Waals surface area (Å²) in [6.07, 6.45) is 0.485. The average molecular weight is 372 g/mol. The molecule has 2 aliphatic rings. The fourth-order valence-electron chi connectivity index (χ4n) is 4.05. The van der Waals surface area contributed by atoms with Crippen molar-refractivity contribution in [3.8, 4) is 5.75 Å². The number of benzene rings is 2. The van der Waals surface area contributed by atoms with Crippen LogP contribution in [0.25, 0.3) is 0 Å². The van der Waals surface area contributed by atoms with Gasteiger partial charge in [-0.15, -0.1) is 0 Å². The monoisotopic (exact) mass is 372 g/mol. The van der Waals surface area contributed by atoms with Gasteiger partial charge in [-0.2, -0.15) is 0 Å². The first-order valence-electron chi connectivity index (χ1n) is 9.20. The Hall–Kier alpha value is -2.47. The first kappa shape index (κ1) is 17.9. The van der Waals surface area contributed by atoms with Crippen molar-refractivity contribution in [2.75, 3.05) is 26.7 Å². The molecule has 0 radical (unpaired) electrons. The molecule has 0 bridgehead atoms. The molecule has 4 rings (SSSR count). The number of hydrogen-bond acceptors (Lipinski definition) is 3. The topological polar surface area (TPSA) is 41.6 Å². The number of hydrogen-bond donors (Lipinski definition) is 1. The molecule has 0 spiro atoms. The number of para-hydroxylation sites is 1. The maximum atomic E-state index is 14.1. The Balaban J connectivity index is 1.57. The van der Waals surface area contributed by atoms with Crippen molar-refractivity contribution in [2.24, 2.45) is 5.92 Å². The molecule has 1 heterocycles. The number of methoxy groups -OCH3 is 1. The summed E-state index contributed by atoms with van der Waals surface area (Å²) in [6.45, 7) is 1.88. The SMILES string of the molecule is COc1ccccc1C1CNCCN1C(=O)C1CC1c1c(F)cccc1F. The normalized spacial score (nSPS) is 24.6. The molecule has 1 amide bonds. The van der Waals surface area contributed by atoms with Crippen LogP contribution < -0.4 is 10.1 Å². The lowest BCUT2D eigenvalue weighted by Crippen LogP contribution is -2.49. The van der Waals surface area contributed by atoms with E-state index < -0.39 is 11.6 Å². The van der Waals surface area contributed by atoms with E-state index >= 15 is 0 Å². The lowest BCUT2D eigenvalue weighted by atomic mass is 10.0. The van der Waals surface area contributed by atoms with E-state index in [1.54, 1.807) is 7.11 Å². The molecule has 1 aliphatic heterocycles. The van der Waals surface area contributed by atoms with E-state index in [2.05, 4.69) is 5.32 Å². The Labute approximate surface area is 157 Å². The quantitative estimate of drug-likeness (QED) is 0.896. The van der Waals surface area contributed by atoms with Crippen LogP contribution in [0.15, 0.2) is 42.5 Å². The van der Waals surface area contributed by atoms with Gasteiger partial charge in [0.2, 0.25) is 5.91 Å². The second-order valence-corrected chi connectivity index (χ2v) is 7.08. The molecule has 1 saturated heterocycles. The third-order valence-corrected chi connectivity index (χ3v) is 5.50. The number of rotatable bonds is 4. The van der Waals surface area contributed by atoms with Gasteiger partial charge < -0.3 is 15.0 Å². The Morgan fingerprint density at radius 3 is 2.63 bits per heavy atom. The van der Waals surface area contributed by atoms with Gasteiger partial charge in [-0.05, 0) is 24.6 Å². The van der Waals surface area contributed by atoms with Crippen LogP contribution >= 0.6 is 0 Å². The molecule has 2 aromatic carbocycles. The number of nitrogens with zero attached hydrogens (tertiary/aromatic N) is 1. The zero-order valence-electron chi connectivity index (χ0n) is 15.1. The van der Waals surface area contributed by atoms with Gasteiger partial charge in [0.25, 0.3) is 0 Å². The predicted molar refractivity (Wildman–Crippen MR) is 97.5 cm³/mol. The molecule has 142 valence electrons. The first-order chi connectivity index (χ1) is 13.1. The number of carbonyl (C=O) groups is 1. The highest BCUT2D eigenvalue weighted by Gasteiger charge is 2.49. The van der Waals surface area contributed by atoms with Crippen LogP contribution in [0.1, 0.15) is 29.5 Å². The molecule has 0 aromatic heterocycles. The fourth-order valence-corrected chi connectivity index (χ4v) is 4.05. The molecule has 6 heteroatoms. The van der Waals surface area contributed by atoms with Crippen molar-refractivity contribution in [3.63, 3.8) is 0 Å². The minimum Gasteiger partial charge on any atom is -0.496 e. The van der Waals surface area contributed by atoms with Crippen LogP contribution in [0, 0.1) is 17.6 Å². The standard InChI is InChI=1S/C21H22F2N2O2/c1-27-19-8-3-2-5-13(19)18-12-24-9-10-25(18)21(26)15-11-14(15)20-16(22)6-4-7-17(20)23/h2-8,14-15,18,24H,9-12H2,1H3. The molecule has 2 aromatic rings. The van der Waals surface area contributed by atoms with E-state index in [9.17, 15) is 13.6 Å². The largest absolute Gasteiger partial charge is 0.496 e. The molecule has 3 atom stereocenters. The molecule has 4 nitrogen and oxygen atoms in total. The van der Waals surface area contributed by atoms with Gasteiger partial charge in [-0.25, -0.2) is 8.78 Å². The molecular weight excluding hydrogens is 350 g/mol. The average Bonchev–Trinajstić information content (AvgIpc) is 3.47. The van der Waals surface area contributed by atoms with E-state index in [4.69, 9.17) is 4.74 Å². The van der Waals surface area contributed by atoms with Gasteiger partial charge in [-0.1, -0.05) is 24.3 Å². The van der Waals surface area contributed by atoms with Crippen molar-refractivity contribution >= 4 is 5.91 Å². The van der Waals surface area contributed by atoms with E-state index in [1.165, 1.54) is 18.2 Å². The van der Waals surface area contributed by atoms with Crippen LogP contribution in [0.5, 0.6) is 5.75 Å². The number of carbonyl (C=O) groups excluding carboxylic acids is 1. The highest BCUT2D eigenvalue weighted by molar-refractivity contribution is 5.83. The molecule has 1 aliphatic carbocycles. The van der Waals surface area contributed by atoms with Crippen molar-refractivity contribution < 1.29 is 18.3 Å². The smallest absolute Gasteiger partial charge is 0.226 e. The Bertz CT molecular complexity index is 838. The van der Waals surface area contributed by atoms with Gasteiger partial charge >= 0.3 is 0 Å². The minimum atomic E-state index is -0.572. The first-order valence-corrected chi connectivity index (χ1v) is 9.20. The molecular formula is C21H22F2N2O2. The summed E-state index contributed by atoms with van der Waals surface area (Å²) in [6, 6.07) is 11.3. The maximum Gasteiger partial charge on any atom is 0.226 e. The van der Waals surface area contributed by atoms with E-state index in [-0.39, 0.29) is 29.3 Å². The van der Waals surface area contributed by atoms with Crippen LogP contribution in [-0.2, 0) is 4.79 Å². The molecule has 1 N–H and O–H groups in total. The third kappa shape index (κ3) is 3.30. The molecule has 2 fully saturated rings. The van der Waals surface area contributed by atoms with Crippen LogP contribution in [0.2, 0.25) is 0 Å². The summed E-state index contributed by atoms with van der Waals surface area (Å²) in [5, 5.41) is 3.32. The highest BCUT2D eigenvalue weighted by Crippen LogP contribution is 2.51. The van der Waals surface area contributed by atoms with E-state index in [1.807, 2.05) is 29.2 Å². The highest BCUT2D eigenvalue weighted by atomic mass is 19.1. The minimum absolute atomic E-state index is 0.0415. The van der Waals surface area contributed by atoms with Gasteiger partial charge in [0.1, 0.15) is 17.4 Å². The predicted octanol–water partition coefficient (Wildman–Crippen LogP) is 3.25. The third-order valence-electron chi connectivity index (χ3n) is 5.50. The lowest BCUT2D eigenvalue weighted by Gasteiger charge is -2.37. The zero-order valence-corrected chi connectivity index (χ0v) is 15.1. The van der Waals surface area contributed by atoms with E-state index in [0.717, 1.165) is 11.3 Å².